The van der Waals surface area contributed by atoms with Gasteiger partial charge in [0.2, 0.25) is 5.91 Å². The van der Waals surface area contributed by atoms with E-state index in [0.717, 1.165) is 16.1 Å². The molecule has 5 heteroatoms. The molecular weight excluding hydrogens is 337 g/mol. The Morgan fingerprint density at radius 3 is 2.59 bits per heavy atom. The van der Waals surface area contributed by atoms with E-state index in [2.05, 4.69) is 5.32 Å². The maximum Gasteiger partial charge on any atom is 0.234 e. The van der Waals surface area contributed by atoms with E-state index < -0.39 is 0 Å². The molecule has 1 amide bonds. The van der Waals surface area contributed by atoms with E-state index in [9.17, 15) is 4.79 Å². The third kappa shape index (κ3) is 4.67. The van der Waals surface area contributed by atoms with Crippen LogP contribution >= 0.6 is 35.0 Å². The van der Waals surface area contributed by atoms with Gasteiger partial charge in [-0.15, -0.1) is 11.8 Å². The minimum absolute atomic E-state index is 0.0744. The average molecular weight is 354 g/mol. The van der Waals surface area contributed by atoms with Crippen molar-refractivity contribution in [2.45, 2.75) is 19.1 Å². The Balaban J connectivity index is 1.91. The Labute approximate surface area is 145 Å². The van der Waals surface area contributed by atoms with Crippen LogP contribution in [-0.2, 0) is 4.79 Å². The van der Waals surface area contributed by atoms with Gasteiger partial charge in [0.25, 0.3) is 0 Å². The number of halogens is 2. The maximum absolute atomic E-state index is 12.0. The van der Waals surface area contributed by atoms with Crippen molar-refractivity contribution in [2.24, 2.45) is 0 Å². The number of benzene rings is 2. The van der Waals surface area contributed by atoms with E-state index in [0.29, 0.717) is 16.5 Å². The van der Waals surface area contributed by atoms with Gasteiger partial charge in [0, 0.05) is 10.3 Å². The van der Waals surface area contributed by atoms with Crippen LogP contribution in [0.3, 0.4) is 0 Å². The Morgan fingerprint density at radius 2 is 1.91 bits per heavy atom. The van der Waals surface area contributed by atoms with Crippen molar-refractivity contribution >= 4 is 46.6 Å². The van der Waals surface area contributed by atoms with Gasteiger partial charge in [0.1, 0.15) is 0 Å². The highest BCUT2D eigenvalue weighted by Gasteiger charge is 2.12. The first-order valence-electron chi connectivity index (χ1n) is 6.89. The normalized spacial score (nSPS) is 12.0. The molecule has 0 radical (unpaired) electrons. The fraction of sp³-hybridized carbons (Fsp3) is 0.235. The monoisotopic (exact) mass is 353 g/mol. The van der Waals surface area contributed by atoms with Crippen LogP contribution in [0.1, 0.15) is 23.3 Å². The molecular formula is C17H17Cl2NOS. The molecule has 2 aromatic rings. The van der Waals surface area contributed by atoms with E-state index in [1.807, 2.05) is 56.3 Å². The summed E-state index contributed by atoms with van der Waals surface area (Å²) in [6, 6.07) is 13.3. The van der Waals surface area contributed by atoms with E-state index >= 15 is 0 Å². The number of carbonyl (C=O) groups is 1. The lowest BCUT2D eigenvalue weighted by Crippen LogP contribution is -2.15. The highest BCUT2D eigenvalue weighted by atomic mass is 35.5. The van der Waals surface area contributed by atoms with Gasteiger partial charge in [-0.2, -0.15) is 0 Å². The zero-order valence-corrected chi connectivity index (χ0v) is 14.7. The van der Waals surface area contributed by atoms with Crippen LogP contribution in [0.4, 0.5) is 5.69 Å². The minimum atomic E-state index is -0.0744. The molecule has 1 N–H and O–H groups in total. The number of hydrogen-bond acceptors (Lipinski definition) is 2. The van der Waals surface area contributed by atoms with Crippen LogP contribution in [0.15, 0.2) is 42.5 Å². The first-order valence-corrected chi connectivity index (χ1v) is 8.70. The molecule has 0 aromatic heterocycles. The van der Waals surface area contributed by atoms with Gasteiger partial charge in [-0.25, -0.2) is 0 Å². The van der Waals surface area contributed by atoms with Crippen molar-refractivity contribution in [3.05, 3.63) is 63.6 Å². The number of amides is 1. The van der Waals surface area contributed by atoms with Crippen molar-refractivity contribution in [2.75, 3.05) is 11.1 Å². The van der Waals surface area contributed by atoms with Gasteiger partial charge in [-0.1, -0.05) is 47.5 Å². The largest absolute Gasteiger partial charge is 0.324 e. The summed E-state index contributed by atoms with van der Waals surface area (Å²) in [5.74, 6) is 0.269. The first kappa shape index (κ1) is 17.2. The van der Waals surface area contributed by atoms with Gasteiger partial charge in [-0.05, 0) is 43.2 Å². The van der Waals surface area contributed by atoms with Crippen molar-refractivity contribution in [1.29, 1.82) is 0 Å². The fourth-order valence-corrected chi connectivity index (χ4v) is 3.51. The summed E-state index contributed by atoms with van der Waals surface area (Å²) in [4.78, 5) is 12.0. The van der Waals surface area contributed by atoms with Crippen LogP contribution in [0.5, 0.6) is 0 Å². The van der Waals surface area contributed by atoms with Gasteiger partial charge in [0.05, 0.1) is 16.5 Å². The molecule has 0 aliphatic carbocycles. The molecule has 0 saturated heterocycles. The second-order valence-electron chi connectivity index (χ2n) is 5.01. The third-order valence-electron chi connectivity index (χ3n) is 3.21. The molecule has 0 aliphatic heterocycles. The van der Waals surface area contributed by atoms with Crippen molar-refractivity contribution in [1.82, 2.24) is 0 Å². The number of rotatable bonds is 5. The van der Waals surface area contributed by atoms with Gasteiger partial charge >= 0.3 is 0 Å². The van der Waals surface area contributed by atoms with Crippen LogP contribution in [0, 0.1) is 6.92 Å². The Kier molecular flexibility index (Phi) is 6.18. The topological polar surface area (TPSA) is 29.1 Å². The number of anilines is 1. The van der Waals surface area contributed by atoms with Crippen LogP contribution in [0.2, 0.25) is 10.0 Å². The Hall–Kier alpha value is -1.16. The maximum atomic E-state index is 12.0. The number of hydrogen-bond donors (Lipinski definition) is 1. The fourth-order valence-electron chi connectivity index (χ4n) is 2.00. The number of thioether (sulfide) groups is 1. The van der Waals surface area contributed by atoms with E-state index in [4.69, 9.17) is 23.2 Å². The minimum Gasteiger partial charge on any atom is -0.324 e. The smallest absolute Gasteiger partial charge is 0.234 e. The van der Waals surface area contributed by atoms with Crippen molar-refractivity contribution in [3.8, 4) is 0 Å². The van der Waals surface area contributed by atoms with E-state index in [1.165, 1.54) is 0 Å². The van der Waals surface area contributed by atoms with Crippen molar-refractivity contribution in [3.63, 3.8) is 0 Å². The Morgan fingerprint density at radius 1 is 1.18 bits per heavy atom. The molecule has 1 atom stereocenters. The molecule has 1 unspecified atom stereocenters. The summed E-state index contributed by atoms with van der Waals surface area (Å²) in [5.41, 5.74) is 2.74. The van der Waals surface area contributed by atoms with Crippen LogP contribution in [0.25, 0.3) is 0 Å². The summed E-state index contributed by atoms with van der Waals surface area (Å²) >= 11 is 13.8. The van der Waals surface area contributed by atoms with E-state index in [-0.39, 0.29) is 11.2 Å². The van der Waals surface area contributed by atoms with Gasteiger partial charge in [0.15, 0.2) is 0 Å². The molecule has 22 heavy (non-hydrogen) atoms. The summed E-state index contributed by atoms with van der Waals surface area (Å²) < 4.78 is 0. The molecule has 2 nitrogen and oxygen atoms in total. The van der Waals surface area contributed by atoms with Crippen LogP contribution < -0.4 is 5.32 Å². The standard InChI is InChI=1S/C17H17Cl2NOS/c1-11-7-8-16(15(19)9-11)20-17(21)10-22-12(2)13-5-3-4-6-14(13)18/h3-9,12H,10H2,1-2H3,(H,20,21). The lowest BCUT2D eigenvalue weighted by molar-refractivity contribution is -0.113. The second kappa shape index (κ2) is 7.91. The molecule has 0 fully saturated rings. The second-order valence-corrected chi connectivity index (χ2v) is 7.15. The van der Waals surface area contributed by atoms with Gasteiger partial charge < -0.3 is 5.32 Å². The molecule has 0 aliphatic rings. The Bertz CT molecular complexity index is 675. The first-order chi connectivity index (χ1) is 10.5. The molecule has 0 heterocycles. The molecule has 116 valence electrons. The quantitative estimate of drug-likeness (QED) is 0.742. The highest BCUT2D eigenvalue weighted by molar-refractivity contribution is 8.00. The predicted molar refractivity (Wildman–Crippen MR) is 97.1 cm³/mol. The van der Waals surface area contributed by atoms with Crippen LogP contribution in [-0.4, -0.2) is 11.7 Å². The molecule has 2 aromatic carbocycles. The summed E-state index contributed by atoms with van der Waals surface area (Å²) in [5, 5.41) is 4.26. The zero-order chi connectivity index (χ0) is 16.1. The molecule has 0 bridgehead atoms. The molecule has 0 spiro atoms. The summed E-state index contributed by atoms with van der Waals surface area (Å²) in [6.45, 7) is 4.00. The number of carbonyl (C=O) groups excluding carboxylic acids is 1. The number of nitrogens with one attached hydrogen (secondary N) is 1. The zero-order valence-electron chi connectivity index (χ0n) is 12.4. The lowest BCUT2D eigenvalue weighted by Gasteiger charge is -2.13. The van der Waals surface area contributed by atoms with E-state index in [1.54, 1.807) is 11.8 Å². The van der Waals surface area contributed by atoms with Gasteiger partial charge in [-0.3, -0.25) is 4.79 Å². The third-order valence-corrected chi connectivity index (χ3v) is 5.05. The SMILES string of the molecule is Cc1ccc(NC(=O)CSC(C)c2ccccc2Cl)c(Cl)c1. The number of aryl methyl sites for hydroxylation is 1. The predicted octanol–water partition coefficient (Wildman–Crippen LogP) is 5.73. The summed E-state index contributed by atoms with van der Waals surface area (Å²) in [6.07, 6.45) is 0. The molecule has 0 saturated carbocycles. The molecule has 2 rings (SSSR count). The summed E-state index contributed by atoms with van der Waals surface area (Å²) in [7, 11) is 0. The average Bonchev–Trinajstić information content (AvgIpc) is 2.48. The highest BCUT2D eigenvalue weighted by Crippen LogP contribution is 2.33. The lowest BCUT2D eigenvalue weighted by atomic mass is 10.2. The van der Waals surface area contributed by atoms with Crippen molar-refractivity contribution < 1.29 is 4.79 Å².